The van der Waals surface area contributed by atoms with Gasteiger partial charge in [-0.2, -0.15) is 0 Å². The van der Waals surface area contributed by atoms with Crippen LogP contribution in [0.5, 0.6) is 5.75 Å². The van der Waals surface area contributed by atoms with E-state index in [4.69, 9.17) is 0 Å². The van der Waals surface area contributed by atoms with Crippen LogP contribution >= 0.6 is 15.9 Å². The van der Waals surface area contributed by atoms with E-state index in [1.165, 1.54) is 6.92 Å². The molecule has 0 atom stereocenters. The lowest BCUT2D eigenvalue weighted by Gasteiger charge is -2.15. The minimum atomic E-state index is -0.0265. The van der Waals surface area contributed by atoms with Crippen molar-refractivity contribution in [2.24, 2.45) is 0 Å². The van der Waals surface area contributed by atoms with Gasteiger partial charge in [-0.3, -0.25) is 4.79 Å². The number of hydrogen-bond donors (Lipinski definition) is 1. The van der Waals surface area contributed by atoms with Gasteiger partial charge in [0.15, 0.2) is 0 Å². The lowest BCUT2D eigenvalue weighted by atomic mass is 10.1. The lowest BCUT2D eigenvalue weighted by Crippen LogP contribution is -2.25. The highest BCUT2D eigenvalue weighted by Crippen LogP contribution is 2.38. The molecule has 0 aromatic heterocycles. The van der Waals surface area contributed by atoms with Gasteiger partial charge in [-0.15, -0.1) is 0 Å². The van der Waals surface area contributed by atoms with Crippen molar-refractivity contribution in [3.63, 3.8) is 0 Å². The molecule has 1 aromatic rings. The number of fused-ring (bicyclic) bond motifs is 1. The summed E-state index contributed by atoms with van der Waals surface area (Å²) in [5, 5.41) is 9.71. The van der Waals surface area contributed by atoms with E-state index in [0.717, 1.165) is 16.5 Å². The predicted molar refractivity (Wildman–Crippen MR) is 57.5 cm³/mol. The maximum Gasteiger partial charge on any atom is 0.223 e. The molecule has 4 heteroatoms. The van der Waals surface area contributed by atoms with Crippen LogP contribution in [0.1, 0.15) is 12.5 Å². The summed E-state index contributed by atoms with van der Waals surface area (Å²) in [6.07, 6.45) is 0.807. The van der Waals surface area contributed by atoms with Gasteiger partial charge in [0.25, 0.3) is 0 Å². The summed E-state index contributed by atoms with van der Waals surface area (Å²) in [4.78, 5) is 12.9. The average molecular weight is 256 g/mol. The highest BCUT2D eigenvalue weighted by molar-refractivity contribution is 9.10. The molecule has 1 amide bonds. The van der Waals surface area contributed by atoms with E-state index in [2.05, 4.69) is 15.9 Å². The first kappa shape index (κ1) is 9.52. The van der Waals surface area contributed by atoms with E-state index in [-0.39, 0.29) is 11.7 Å². The Bertz CT molecular complexity index is 403. The summed E-state index contributed by atoms with van der Waals surface area (Å²) < 4.78 is 0.846. The second-order valence-corrected chi connectivity index (χ2v) is 4.27. The van der Waals surface area contributed by atoms with Gasteiger partial charge in [0.05, 0.1) is 5.69 Å². The summed E-state index contributed by atoms with van der Waals surface area (Å²) in [7, 11) is 0. The molecule has 14 heavy (non-hydrogen) atoms. The zero-order valence-electron chi connectivity index (χ0n) is 7.75. The Hall–Kier alpha value is -1.03. The fourth-order valence-electron chi connectivity index (χ4n) is 1.80. The van der Waals surface area contributed by atoms with Gasteiger partial charge >= 0.3 is 0 Å². The molecular formula is C10H10BrNO2. The zero-order valence-corrected chi connectivity index (χ0v) is 9.34. The van der Waals surface area contributed by atoms with Crippen molar-refractivity contribution < 1.29 is 9.90 Å². The fourth-order valence-corrected chi connectivity index (χ4v) is 2.29. The minimum Gasteiger partial charge on any atom is -0.506 e. The maximum atomic E-state index is 11.2. The first-order valence-electron chi connectivity index (χ1n) is 4.39. The Labute approximate surface area is 90.5 Å². The molecule has 74 valence electrons. The number of amides is 1. The van der Waals surface area contributed by atoms with Gasteiger partial charge in [0.1, 0.15) is 5.75 Å². The third-order valence-electron chi connectivity index (χ3n) is 2.39. The van der Waals surface area contributed by atoms with Crippen molar-refractivity contribution in [1.82, 2.24) is 0 Å². The standard InChI is InChI=1S/C10H10BrNO2/c1-6(13)12-3-2-7-4-8(11)5-9(14)10(7)12/h4-5,14H,2-3H2,1H3. The van der Waals surface area contributed by atoms with Crippen LogP contribution < -0.4 is 4.90 Å². The van der Waals surface area contributed by atoms with Crippen LogP contribution in [0.25, 0.3) is 0 Å². The summed E-state index contributed by atoms with van der Waals surface area (Å²) in [6.45, 7) is 2.17. The van der Waals surface area contributed by atoms with E-state index in [1.54, 1.807) is 11.0 Å². The Morgan fingerprint density at radius 1 is 1.57 bits per heavy atom. The smallest absolute Gasteiger partial charge is 0.223 e. The quantitative estimate of drug-likeness (QED) is 0.771. The summed E-state index contributed by atoms with van der Waals surface area (Å²) in [5.74, 6) is 0.142. The van der Waals surface area contributed by atoms with Gasteiger partial charge < -0.3 is 10.0 Å². The van der Waals surface area contributed by atoms with Gasteiger partial charge in [0.2, 0.25) is 5.91 Å². The van der Waals surface area contributed by atoms with Gasteiger partial charge in [-0.05, 0) is 24.1 Å². The van der Waals surface area contributed by atoms with Crippen LogP contribution in [0, 0.1) is 0 Å². The predicted octanol–water partition coefficient (Wildman–Crippen LogP) is 2.06. The fraction of sp³-hybridized carbons (Fsp3) is 0.300. The molecule has 0 saturated carbocycles. The molecule has 0 spiro atoms. The number of nitrogens with zero attached hydrogens (tertiary/aromatic N) is 1. The molecular weight excluding hydrogens is 246 g/mol. The number of phenols is 1. The van der Waals surface area contributed by atoms with Crippen molar-refractivity contribution in [3.05, 3.63) is 22.2 Å². The Kier molecular flexibility index (Phi) is 2.23. The second-order valence-electron chi connectivity index (χ2n) is 3.35. The molecule has 1 aromatic carbocycles. The number of anilines is 1. The SMILES string of the molecule is CC(=O)N1CCc2cc(Br)cc(O)c21. The molecule has 1 aliphatic rings. The first-order valence-corrected chi connectivity index (χ1v) is 5.18. The van der Waals surface area contributed by atoms with Crippen molar-refractivity contribution in [1.29, 1.82) is 0 Å². The number of rotatable bonds is 0. The summed E-state index contributed by atoms with van der Waals surface area (Å²) in [6, 6.07) is 3.55. The first-order chi connectivity index (χ1) is 6.59. The molecule has 2 rings (SSSR count). The van der Waals surface area contributed by atoms with Gasteiger partial charge in [0, 0.05) is 17.9 Å². The third-order valence-corrected chi connectivity index (χ3v) is 2.85. The number of benzene rings is 1. The molecule has 1 aliphatic heterocycles. The van der Waals surface area contributed by atoms with Crippen LogP contribution in [0.3, 0.4) is 0 Å². The molecule has 0 fully saturated rings. The average Bonchev–Trinajstić information content (AvgIpc) is 2.47. The third kappa shape index (κ3) is 1.39. The van der Waals surface area contributed by atoms with E-state index in [9.17, 15) is 9.90 Å². The van der Waals surface area contributed by atoms with Crippen LogP contribution in [-0.4, -0.2) is 17.6 Å². The molecule has 0 radical (unpaired) electrons. The van der Waals surface area contributed by atoms with E-state index < -0.39 is 0 Å². The number of carbonyl (C=O) groups is 1. The molecule has 0 aliphatic carbocycles. The molecule has 0 unspecified atom stereocenters. The van der Waals surface area contributed by atoms with E-state index in [0.29, 0.717) is 12.2 Å². The zero-order chi connectivity index (χ0) is 10.3. The van der Waals surface area contributed by atoms with Crippen molar-refractivity contribution >= 4 is 27.5 Å². The van der Waals surface area contributed by atoms with Crippen molar-refractivity contribution in [3.8, 4) is 5.75 Å². The molecule has 0 bridgehead atoms. The normalized spacial score (nSPS) is 14.3. The Balaban J connectivity index is 2.54. The maximum absolute atomic E-state index is 11.2. The van der Waals surface area contributed by atoms with Crippen LogP contribution in [0.2, 0.25) is 0 Å². The van der Waals surface area contributed by atoms with Crippen LogP contribution in [0.15, 0.2) is 16.6 Å². The number of aromatic hydroxyl groups is 1. The molecule has 1 N–H and O–H groups in total. The van der Waals surface area contributed by atoms with E-state index >= 15 is 0 Å². The van der Waals surface area contributed by atoms with Crippen molar-refractivity contribution in [2.75, 3.05) is 11.4 Å². The number of hydrogen-bond acceptors (Lipinski definition) is 2. The lowest BCUT2D eigenvalue weighted by molar-refractivity contribution is -0.116. The molecule has 0 saturated heterocycles. The summed E-state index contributed by atoms with van der Waals surface area (Å²) in [5.41, 5.74) is 1.69. The van der Waals surface area contributed by atoms with Gasteiger partial charge in [-0.25, -0.2) is 0 Å². The largest absolute Gasteiger partial charge is 0.506 e. The van der Waals surface area contributed by atoms with E-state index in [1.807, 2.05) is 6.07 Å². The van der Waals surface area contributed by atoms with Crippen LogP contribution in [0.4, 0.5) is 5.69 Å². The Morgan fingerprint density at radius 2 is 2.29 bits per heavy atom. The minimum absolute atomic E-state index is 0.0265. The topological polar surface area (TPSA) is 40.5 Å². The molecule has 1 heterocycles. The number of halogens is 1. The van der Waals surface area contributed by atoms with Gasteiger partial charge in [-0.1, -0.05) is 15.9 Å². The monoisotopic (exact) mass is 255 g/mol. The number of phenolic OH excluding ortho intramolecular Hbond substituents is 1. The van der Waals surface area contributed by atoms with Crippen molar-refractivity contribution in [2.45, 2.75) is 13.3 Å². The summed E-state index contributed by atoms with van der Waals surface area (Å²) >= 11 is 3.31. The highest BCUT2D eigenvalue weighted by atomic mass is 79.9. The highest BCUT2D eigenvalue weighted by Gasteiger charge is 2.25. The Morgan fingerprint density at radius 3 is 2.93 bits per heavy atom. The molecule has 3 nitrogen and oxygen atoms in total. The number of carbonyl (C=O) groups excluding carboxylic acids is 1. The van der Waals surface area contributed by atoms with Crippen LogP contribution in [-0.2, 0) is 11.2 Å². The second kappa shape index (κ2) is 3.28.